The highest BCUT2D eigenvalue weighted by molar-refractivity contribution is 5.81. The van der Waals surface area contributed by atoms with E-state index in [4.69, 9.17) is 13.6 Å². The van der Waals surface area contributed by atoms with Gasteiger partial charge in [0.05, 0.1) is 0 Å². The van der Waals surface area contributed by atoms with Gasteiger partial charge in [0, 0.05) is 4.11 Å². The number of carbonyl (C=O) groups is 2. The molecule has 5 nitrogen and oxygen atoms in total. The van der Waals surface area contributed by atoms with Crippen LogP contribution < -0.4 is 5.32 Å². The predicted octanol–water partition coefficient (Wildman–Crippen LogP) is 2.24. The van der Waals surface area contributed by atoms with Crippen molar-refractivity contribution in [1.29, 1.82) is 0 Å². The van der Waals surface area contributed by atoms with E-state index >= 15 is 0 Å². The highest BCUT2D eigenvalue weighted by atomic mass is 16.6. The number of esters is 1. The number of alkyl carbamates (subject to hydrolysis) is 1. The summed E-state index contributed by atoms with van der Waals surface area (Å²) in [7, 11) is 0. The van der Waals surface area contributed by atoms with Crippen LogP contribution in [0.25, 0.3) is 0 Å². The smallest absolute Gasteiger partial charge is 0.408 e. The third kappa shape index (κ3) is 8.54. The first kappa shape index (κ1) is 10.9. The second-order valence-electron chi connectivity index (χ2n) is 5.61. The molecule has 0 aliphatic heterocycles. The molecule has 0 saturated heterocycles. The van der Waals surface area contributed by atoms with E-state index in [1.807, 2.05) is 5.32 Å². The molecule has 17 heavy (non-hydrogen) atoms. The summed E-state index contributed by atoms with van der Waals surface area (Å²) < 4.78 is 31.9. The second kappa shape index (κ2) is 5.38. The van der Waals surface area contributed by atoms with Gasteiger partial charge >= 0.3 is 12.1 Å². The van der Waals surface area contributed by atoms with Gasteiger partial charge in [0.25, 0.3) is 0 Å². The molecule has 100 valence electrons. The monoisotopic (exact) mass is 248 g/mol. The quantitative estimate of drug-likeness (QED) is 0.761. The Bertz CT molecular complexity index is 366. The van der Waals surface area contributed by atoms with Crippen LogP contribution in [-0.2, 0) is 14.3 Å². The molecule has 0 fully saturated rings. The third-order valence-corrected chi connectivity index (χ3v) is 1.30. The molecular weight excluding hydrogens is 222 g/mol. The molecular formula is C12H23NO4. The number of hydrogen-bond acceptors (Lipinski definition) is 4. The largest absolute Gasteiger partial charge is 0.458 e. The average molecular weight is 248 g/mol. The Morgan fingerprint density at radius 2 is 1.53 bits per heavy atom. The predicted molar refractivity (Wildman–Crippen MR) is 64.7 cm³/mol. The molecule has 1 atom stereocenters. The minimum atomic E-state index is -2.72. The Morgan fingerprint density at radius 3 is 1.88 bits per heavy atom. The van der Waals surface area contributed by atoms with Crippen molar-refractivity contribution in [2.24, 2.45) is 0 Å². The molecule has 0 bridgehead atoms. The Hall–Kier alpha value is -1.26. The number of carbonyl (C=O) groups excluding carboxylic acids is 2. The number of nitrogens with one attached hydrogen (secondary N) is 1. The van der Waals surface area contributed by atoms with Gasteiger partial charge in [-0.25, -0.2) is 9.59 Å². The molecule has 0 radical (unpaired) electrons. The molecule has 0 aromatic carbocycles. The van der Waals surface area contributed by atoms with Gasteiger partial charge in [0.15, 0.2) is 0 Å². The maximum absolute atomic E-state index is 11.9. The van der Waals surface area contributed by atoms with Gasteiger partial charge in [-0.1, -0.05) is 0 Å². The summed E-state index contributed by atoms with van der Waals surface area (Å²) in [5, 5.41) is 2.04. The highest BCUT2D eigenvalue weighted by Gasteiger charge is 2.25. The van der Waals surface area contributed by atoms with Crippen molar-refractivity contribution in [3.8, 4) is 0 Å². The van der Waals surface area contributed by atoms with Gasteiger partial charge in [0.2, 0.25) is 0 Å². The Labute approximate surface area is 107 Å². The summed E-state index contributed by atoms with van der Waals surface area (Å²) in [6, 6.07) is -1.77. The zero-order chi connectivity index (χ0) is 16.4. The topological polar surface area (TPSA) is 64.6 Å². The van der Waals surface area contributed by atoms with E-state index in [2.05, 4.69) is 0 Å². The Kier molecular flexibility index (Phi) is 3.44. The fourth-order valence-corrected chi connectivity index (χ4v) is 0.845. The summed E-state index contributed by atoms with van der Waals surface area (Å²) >= 11 is 0. The summed E-state index contributed by atoms with van der Waals surface area (Å²) in [5.74, 6) is -1.02. The molecule has 0 spiro atoms. The van der Waals surface area contributed by atoms with E-state index in [9.17, 15) is 9.59 Å². The summed E-state index contributed by atoms with van der Waals surface area (Å²) in [6.45, 7) is 6.98. The second-order valence-corrected chi connectivity index (χ2v) is 5.61. The van der Waals surface area contributed by atoms with Gasteiger partial charge in [0.1, 0.15) is 17.2 Å². The Morgan fingerprint density at radius 1 is 1.06 bits per heavy atom. The van der Waals surface area contributed by atoms with Crippen LogP contribution in [-0.4, -0.2) is 29.3 Å². The molecule has 0 saturated carbocycles. The number of amides is 1. The lowest BCUT2D eigenvalue weighted by Gasteiger charge is -2.24. The number of ether oxygens (including phenoxy) is 2. The fourth-order valence-electron chi connectivity index (χ4n) is 0.845. The molecule has 1 N–H and O–H groups in total. The molecule has 0 heterocycles. The van der Waals surface area contributed by atoms with Crippen LogP contribution in [0.1, 0.15) is 52.5 Å². The maximum Gasteiger partial charge on any atom is 0.408 e. The maximum atomic E-state index is 11.9. The van der Waals surface area contributed by atoms with Crippen LogP contribution in [0.4, 0.5) is 4.79 Å². The van der Waals surface area contributed by atoms with Crippen molar-refractivity contribution in [2.45, 2.75) is 65.6 Å². The summed E-state index contributed by atoms with van der Waals surface area (Å²) in [4.78, 5) is 23.4. The van der Waals surface area contributed by atoms with Crippen LogP contribution in [0.15, 0.2) is 0 Å². The van der Waals surface area contributed by atoms with Crippen molar-refractivity contribution >= 4 is 12.1 Å². The standard InChI is InChI=1S/C12H23NO4/c1-8(9(14)16-11(2,3)4)13-10(15)17-12(5,6)7/h8H,1-7H3,(H,13,15)/i1D3. The zero-order valence-corrected chi connectivity index (χ0v) is 11.2. The van der Waals surface area contributed by atoms with Gasteiger partial charge in [-0.3, -0.25) is 0 Å². The van der Waals surface area contributed by atoms with Crippen molar-refractivity contribution in [1.82, 2.24) is 5.32 Å². The summed E-state index contributed by atoms with van der Waals surface area (Å²) in [5.41, 5.74) is -1.65. The van der Waals surface area contributed by atoms with E-state index in [-0.39, 0.29) is 0 Å². The summed E-state index contributed by atoms with van der Waals surface area (Å²) in [6.07, 6.45) is -0.982. The molecule has 0 aliphatic rings. The molecule has 0 aliphatic carbocycles. The van der Waals surface area contributed by atoms with Crippen LogP contribution in [0.5, 0.6) is 0 Å². The van der Waals surface area contributed by atoms with Crippen molar-refractivity contribution in [2.75, 3.05) is 0 Å². The lowest BCUT2D eigenvalue weighted by Crippen LogP contribution is -2.44. The van der Waals surface area contributed by atoms with Crippen LogP contribution in [0.2, 0.25) is 0 Å². The first-order chi connectivity index (χ1) is 8.62. The minimum Gasteiger partial charge on any atom is -0.458 e. The van der Waals surface area contributed by atoms with E-state index in [1.165, 1.54) is 0 Å². The first-order valence-electron chi connectivity index (χ1n) is 6.84. The molecule has 1 unspecified atom stereocenters. The highest BCUT2D eigenvalue weighted by Crippen LogP contribution is 2.09. The van der Waals surface area contributed by atoms with E-state index in [1.54, 1.807) is 41.5 Å². The fraction of sp³-hybridized carbons (Fsp3) is 0.833. The Balaban J connectivity index is 4.93. The molecule has 0 aromatic heterocycles. The van der Waals surface area contributed by atoms with Gasteiger partial charge in [-0.2, -0.15) is 0 Å². The molecule has 0 aromatic rings. The lowest BCUT2D eigenvalue weighted by atomic mass is 10.2. The van der Waals surface area contributed by atoms with Crippen molar-refractivity contribution < 1.29 is 23.2 Å². The molecule has 0 rings (SSSR count). The van der Waals surface area contributed by atoms with E-state index in [0.29, 0.717) is 0 Å². The molecule has 1 amide bonds. The SMILES string of the molecule is [2H]C([2H])([2H])C(NC(=O)OC(C)(C)C)C(=O)OC(C)(C)C. The van der Waals surface area contributed by atoms with Gasteiger partial charge in [-0.15, -0.1) is 0 Å². The average Bonchev–Trinajstić information content (AvgIpc) is 2.05. The normalized spacial score (nSPS) is 17.2. The number of rotatable bonds is 2. The molecule has 5 heteroatoms. The first-order valence-corrected chi connectivity index (χ1v) is 5.34. The van der Waals surface area contributed by atoms with Gasteiger partial charge < -0.3 is 14.8 Å². The van der Waals surface area contributed by atoms with Crippen molar-refractivity contribution in [3.05, 3.63) is 0 Å². The van der Waals surface area contributed by atoms with E-state index < -0.39 is 36.2 Å². The van der Waals surface area contributed by atoms with Gasteiger partial charge in [-0.05, 0) is 48.4 Å². The number of hydrogen-bond donors (Lipinski definition) is 1. The van der Waals surface area contributed by atoms with Crippen LogP contribution in [0, 0.1) is 0 Å². The third-order valence-electron chi connectivity index (χ3n) is 1.30. The lowest BCUT2D eigenvalue weighted by molar-refractivity contribution is -0.156. The van der Waals surface area contributed by atoms with E-state index in [0.717, 1.165) is 0 Å². The van der Waals surface area contributed by atoms with Crippen molar-refractivity contribution in [3.63, 3.8) is 0 Å². The van der Waals surface area contributed by atoms with Crippen LogP contribution in [0.3, 0.4) is 0 Å². The van der Waals surface area contributed by atoms with Crippen LogP contribution >= 0.6 is 0 Å². The zero-order valence-electron chi connectivity index (χ0n) is 14.2. The minimum absolute atomic E-state index is 0.794.